The monoisotopic (exact) mass is 429 g/mol. The molecule has 1 aromatic heterocycles. The zero-order valence-corrected chi connectivity index (χ0v) is 19.3. The maximum absolute atomic E-state index is 13.3. The number of thiophene rings is 1. The molecule has 1 N–H and O–H groups in total. The topological polar surface area (TPSA) is 52.7 Å². The Hall–Kier alpha value is -2.34. The number of carbonyl (C=O) groups excluding carboxylic acids is 2. The van der Waals surface area contributed by atoms with Crippen LogP contribution in [0, 0.1) is 5.92 Å². The molecule has 164 valence electrons. The van der Waals surface area contributed by atoms with Gasteiger partial charge in [-0.1, -0.05) is 70.0 Å². The van der Waals surface area contributed by atoms with Gasteiger partial charge in [0.2, 0.25) is 5.91 Å². The van der Waals surface area contributed by atoms with Gasteiger partial charge in [0.25, 0.3) is 0 Å². The third-order valence-electron chi connectivity index (χ3n) is 5.14. The van der Waals surface area contributed by atoms with Crippen LogP contribution in [0.25, 0.3) is 0 Å². The molecule has 0 aliphatic heterocycles. The van der Waals surface area contributed by atoms with Crippen molar-refractivity contribution >= 4 is 23.3 Å². The van der Waals surface area contributed by atoms with Crippen molar-refractivity contribution < 1.29 is 9.59 Å². The van der Waals surface area contributed by atoms with Crippen LogP contribution in [0.15, 0.2) is 47.8 Å². The van der Waals surface area contributed by atoms with E-state index in [0.29, 0.717) is 32.1 Å². The third-order valence-corrected chi connectivity index (χ3v) is 6.01. The minimum Gasteiger partial charge on any atom is -0.338 e. The fourth-order valence-corrected chi connectivity index (χ4v) is 3.82. The highest BCUT2D eigenvalue weighted by Gasteiger charge is 2.23. The highest BCUT2D eigenvalue weighted by Crippen LogP contribution is 2.16. The Bertz CT molecular complexity index is 749. The molecule has 0 aliphatic rings. The van der Waals surface area contributed by atoms with Crippen LogP contribution < -0.4 is 5.32 Å². The highest BCUT2D eigenvalue weighted by atomic mass is 32.1. The van der Waals surface area contributed by atoms with Crippen molar-refractivity contribution in [1.82, 2.24) is 15.1 Å². The normalized spacial score (nSPS) is 11.7. The van der Waals surface area contributed by atoms with E-state index in [4.69, 9.17) is 0 Å². The molecule has 0 spiro atoms. The van der Waals surface area contributed by atoms with Gasteiger partial charge < -0.3 is 15.1 Å². The molecule has 0 saturated heterocycles. The molecule has 0 unspecified atom stereocenters. The SMILES string of the molecule is CCCCNC(=O)N(CC(=O)N(Cc1ccccc1)Cc1cccs1)C[C@H](C)CC. The maximum atomic E-state index is 13.3. The van der Waals surface area contributed by atoms with Crippen molar-refractivity contribution in [2.45, 2.75) is 53.1 Å². The Balaban J connectivity index is 2.11. The summed E-state index contributed by atoms with van der Waals surface area (Å²) in [7, 11) is 0. The number of nitrogens with zero attached hydrogens (tertiary/aromatic N) is 2. The van der Waals surface area contributed by atoms with Crippen LogP contribution in [0.3, 0.4) is 0 Å². The van der Waals surface area contributed by atoms with Crippen molar-refractivity contribution in [1.29, 1.82) is 0 Å². The van der Waals surface area contributed by atoms with Gasteiger partial charge in [-0.15, -0.1) is 11.3 Å². The fourth-order valence-electron chi connectivity index (χ4n) is 3.10. The van der Waals surface area contributed by atoms with Gasteiger partial charge in [-0.3, -0.25) is 4.79 Å². The number of rotatable bonds is 12. The molecule has 0 aliphatic carbocycles. The van der Waals surface area contributed by atoms with Gasteiger partial charge in [-0.05, 0) is 29.3 Å². The summed E-state index contributed by atoms with van der Waals surface area (Å²) in [6.45, 7) is 8.73. The predicted octanol–water partition coefficient (Wildman–Crippen LogP) is 5.13. The van der Waals surface area contributed by atoms with Gasteiger partial charge in [0.05, 0.1) is 6.54 Å². The van der Waals surface area contributed by atoms with Crippen molar-refractivity contribution in [2.24, 2.45) is 5.92 Å². The van der Waals surface area contributed by atoms with Crippen LogP contribution >= 0.6 is 11.3 Å². The Kier molecular flexibility index (Phi) is 10.4. The summed E-state index contributed by atoms with van der Waals surface area (Å²) >= 11 is 1.65. The molecule has 6 heteroatoms. The van der Waals surface area contributed by atoms with E-state index in [0.717, 1.165) is 29.7 Å². The maximum Gasteiger partial charge on any atom is 0.317 e. The summed E-state index contributed by atoms with van der Waals surface area (Å²) in [4.78, 5) is 30.7. The predicted molar refractivity (Wildman–Crippen MR) is 124 cm³/mol. The van der Waals surface area contributed by atoms with Gasteiger partial charge >= 0.3 is 6.03 Å². The van der Waals surface area contributed by atoms with Crippen LogP contribution in [0.4, 0.5) is 4.79 Å². The molecule has 3 amide bonds. The van der Waals surface area contributed by atoms with Crippen molar-refractivity contribution in [3.8, 4) is 0 Å². The molecular weight excluding hydrogens is 394 g/mol. The number of benzene rings is 1. The minimum atomic E-state index is -0.145. The van der Waals surface area contributed by atoms with E-state index in [-0.39, 0.29) is 18.5 Å². The highest BCUT2D eigenvalue weighted by molar-refractivity contribution is 7.09. The van der Waals surface area contributed by atoms with E-state index in [1.807, 2.05) is 52.7 Å². The van der Waals surface area contributed by atoms with E-state index in [2.05, 4.69) is 26.1 Å². The quantitative estimate of drug-likeness (QED) is 0.475. The van der Waals surface area contributed by atoms with E-state index in [9.17, 15) is 9.59 Å². The first kappa shape index (κ1) is 23.9. The summed E-state index contributed by atoms with van der Waals surface area (Å²) in [6.07, 6.45) is 2.93. The molecular formula is C24H35N3O2S. The second-order valence-electron chi connectivity index (χ2n) is 7.79. The molecule has 5 nitrogen and oxygen atoms in total. The van der Waals surface area contributed by atoms with Gasteiger partial charge in [-0.2, -0.15) is 0 Å². The van der Waals surface area contributed by atoms with Gasteiger partial charge in [0.15, 0.2) is 0 Å². The molecule has 1 heterocycles. The molecule has 0 radical (unpaired) electrons. The average molecular weight is 430 g/mol. The third kappa shape index (κ3) is 8.19. The first-order valence-electron chi connectivity index (χ1n) is 10.9. The lowest BCUT2D eigenvalue weighted by atomic mass is 10.1. The summed E-state index contributed by atoms with van der Waals surface area (Å²) < 4.78 is 0. The summed E-state index contributed by atoms with van der Waals surface area (Å²) in [5, 5.41) is 5.00. The number of urea groups is 1. The van der Waals surface area contributed by atoms with Gasteiger partial charge in [0.1, 0.15) is 6.54 Å². The lowest BCUT2D eigenvalue weighted by Gasteiger charge is -2.29. The van der Waals surface area contributed by atoms with Crippen LogP contribution in [-0.4, -0.2) is 41.4 Å². The second-order valence-corrected chi connectivity index (χ2v) is 8.83. The largest absolute Gasteiger partial charge is 0.338 e. The molecule has 1 aromatic carbocycles. The Morgan fingerprint density at radius 3 is 2.43 bits per heavy atom. The number of carbonyl (C=O) groups is 2. The molecule has 0 saturated carbocycles. The summed E-state index contributed by atoms with van der Waals surface area (Å²) in [5.41, 5.74) is 1.09. The average Bonchev–Trinajstić information content (AvgIpc) is 3.26. The number of nitrogens with one attached hydrogen (secondary N) is 1. The summed E-state index contributed by atoms with van der Waals surface area (Å²) in [6, 6.07) is 13.9. The Labute approximate surface area is 185 Å². The number of hydrogen-bond donors (Lipinski definition) is 1. The standard InChI is InChI=1S/C24H35N3O2S/c1-4-6-14-25-24(29)27(16-20(3)5-2)19-23(28)26(18-22-13-10-15-30-22)17-21-11-8-7-9-12-21/h7-13,15,20H,4-6,14,16-19H2,1-3H3,(H,25,29)/t20-/m1/s1. The zero-order valence-electron chi connectivity index (χ0n) is 18.5. The van der Waals surface area contributed by atoms with E-state index in [1.165, 1.54) is 0 Å². The summed E-state index contributed by atoms with van der Waals surface area (Å²) in [5.74, 6) is 0.316. The molecule has 2 rings (SSSR count). The van der Waals surface area contributed by atoms with Crippen LogP contribution in [-0.2, 0) is 17.9 Å². The van der Waals surface area contributed by atoms with Crippen LogP contribution in [0.5, 0.6) is 0 Å². The van der Waals surface area contributed by atoms with Gasteiger partial charge in [-0.25, -0.2) is 4.79 Å². The minimum absolute atomic E-state index is 0.0267. The first-order valence-corrected chi connectivity index (χ1v) is 11.8. The molecule has 0 fully saturated rings. The van der Waals surface area contributed by atoms with E-state index >= 15 is 0 Å². The fraction of sp³-hybridized carbons (Fsp3) is 0.500. The first-order chi connectivity index (χ1) is 14.5. The van der Waals surface area contributed by atoms with E-state index < -0.39 is 0 Å². The zero-order chi connectivity index (χ0) is 21.8. The van der Waals surface area contributed by atoms with E-state index in [1.54, 1.807) is 16.2 Å². The molecule has 0 bridgehead atoms. The van der Waals surface area contributed by atoms with Crippen molar-refractivity contribution in [2.75, 3.05) is 19.6 Å². The van der Waals surface area contributed by atoms with Crippen molar-refractivity contribution in [3.05, 3.63) is 58.3 Å². The smallest absolute Gasteiger partial charge is 0.317 e. The van der Waals surface area contributed by atoms with Crippen LogP contribution in [0.2, 0.25) is 0 Å². The van der Waals surface area contributed by atoms with Crippen molar-refractivity contribution in [3.63, 3.8) is 0 Å². The lowest BCUT2D eigenvalue weighted by Crippen LogP contribution is -2.48. The second kappa shape index (κ2) is 13.1. The van der Waals surface area contributed by atoms with Gasteiger partial charge in [0, 0.05) is 24.5 Å². The lowest BCUT2D eigenvalue weighted by molar-refractivity contribution is -0.133. The number of hydrogen-bond acceptors (Lipinski definition) is 3. The number of amides is 3. The van der Waals surface area contributed by atoms with Crippen LogP contribution in [0.1, 0.15) is 50.5 Å². The Morgan fingerprint density at radius 1 is 1.03 bits per heavy atom. The Morgan fingerprint density at radius 2 is 1.80 bits per heavy atom. The molecule has 1 atom stereocenters. The number of unbranched alkanes of at least 4 members (excludes halogenated alkanes) is 1. The molecule has 30 heavy (non-hydrogen) atoms. The molecule has 2 aromatic rings.